The van der Waals surface area contributed by atoms with Crippen LogP contribution >= 0.6 is 0 Å². The minimum Gasteiger partial charge on any atom is -0.481 e. The van der Waals surface area contributed by atoms with E-state index in [4.69, 9.17) is 13.9 Å². The number of hydrogen-bond donors (Lipinski definition) is 2. The second kappa shape index (κ2) is 7.92. The number of carbonyl (C=O) groups is 1. The lowest BCUT2D eigenvalue weighted by atomic mass is 10.2. The Labute approximate surface area is 159 Å². The standard InChI is InChI=1S/C16H15N5O6S/c1-25-13-7-14(26-2)19-15(18-13)20-16(22)21-28(23,24)12-6-4-3-5-10(12)11-8-27-9-17-11/h3-9H,1-2H3,(H2,18,19,20,21,22). The number of urea groups is 1. The molecule has 11 nitrogen and oxygen atoms in total. The molecule has 0 aliphatic rings. The number of methoxy groups -OCH3 is 2. The Kier molecular flexibility index (Phi) is 5.40. The molecule has 28 heavy (non-hydrogen) atoms. The Morgan fingerprint density at radius 2 is 1.79 bits per heavy atom. The molecule has 2 amide bonds. The first kappa shape index (κ1) is 19.1. The molecule has 2 aromatic heterocycles. The normalized spacial score (nSPS) is 10.9. The average Bonchev–Trinajstić information content (AvgIpc) is 3.21. The van der Waals surface area contributed by atoms with E-state index < -0.39 is 16.1 Å². The maximum Gasteiger partial charge on any atom is 0.335 e. The van der Waals surface area contributed by atoms with Gasteiger partial charge in [0.05, 0.1) is 25.2 Å². The van der Waals surface area contributed by atoms with Crippen LogP contribution in [0, 0.1) is 0 Å². The fraction of sp³-hybridized carbons (Fsp3) is 0.125. The number of anilines is 1. The second-order valence-electron chi connectivity index (χ2n) is 5.21. The smallest absolute Gasteiger partial charge is 0.335 e. The molecule has 0 saturated carbocycles. The summed E-state index contributed by atoms with van der Waals surface area (Å²) in [4.78, 5) is 23.8. The van der Waals surface area contributed by atoms with Gasteiger partial charge in [-0.15, -0.1) is 0 Å². The molecule has 0 saturated heterocycles. The molecule has 2 heterocycles. The van der Waals surface area contributed by atoms with Crippen LogP contribution in [0.3, 0.4) is 0 Å². The number of benzene rings is 1. The number of carbonyl (C=O) groups excluding carboxylic acids is 1. The molecule has 0 aliphatic carbocycles. The summed E-state index contributed by atoms with van der Waals surface area (Å²) in [5, 5.41) is 2.23. The van der Waals surface area contributed by atoms with Crippen molar-refractivity contribution in [3.63, 3.8) is 0 Å². The van der Waals surface area contributed by atoms with Gasteiger partial charge >= 0.3 is 6.03 Å². The molecule has 3 rings (SSSR count). The highest BCUT2D eigenvalue weighted by molar-refractivity contribution is 7.90. The topological polar surface area (TPSA) is 146 Å². The molecule has 1 aromatic carbocycles. The summed E-state index contributed by atoms with van der Waals surface area (Å²) in [5.41, 5.74) is 0.582. The molecule has 0 fully saturated rings. The third-order valence-corrected chi connectivity index (χ3v) is 4.82. The lowest BCUT2D eigenvalue weighted by molar-refractivity contribution is 0.256. The Morgan fingerprint density at radius 1 is 1.11 bits per heavy atom. The number of hydrogen-bond acceptors (Lipinski definition) is 9. The minimum atomic E-state index is -4.23. The maximum absolute atomic E-state index is 12.7. The number of nitrogens with zero attached hydrogens (tertiary/aromatic N) is 3. The van der Waals surface area contributed by atoms with Crippen LogP contribution in [0.15, 0.2) is 52.3 Å². The van der Waals surface area contributed by atoms with E-state index in [2.05, 4.69) is 20.3 Å². The minimum absolute atomic E-state index is 0.126. The molecule has 0 atom stereocenters. The van der Waals surface area contributed by atoms with Crippen molar-refractivity contribution in [1.29, 1.82) is 0 Å². The van der Waals surface area contributed by atoms with Crippen LogP contribution in [-0.2, 0) is 10.0 Å². The van der Waals surface area contributed by atoms with Gasteiger partial charge in [-0.05, 0) is 6.07 Å². The Bertz CT molecular complexity index is 1060. The van der Waals surface area contributed by atoms with Crippen molar-refractivity contribution in [2.45, 2.75) is 4.90 Å². The summed E-state index contributed by atoms with van der Waals surface area (Å²) in [6.07, 6.45) is 2.47. The van der Waals surface area contributed by atoms with Crippen molar-refractivity contribution in [2.24, 2.45) is 0 Å². The highest BCUT2D eigenvalue weighted by atomic mass is 32.2. The number of sulfonamides is 1. The van der Waals surface area contributed by atoms with Gasteiger partial charge in [-0.25, -0.2) is 22.9 Å². The number of aromatic nitrogens is 3. The Morgan fingerprint density at radius 3 is 2.39 bits per heavy atom. The molecular formula is C16H15N5O6S. The molecule has 0 aliphatic heterocycles. The zero-order valence-electron chi connectivity index (χ0n) is 14.7. The summed E-state index contributed by atoms with van der Waals surface area (Å²) in [7, 11) is -1.49. The van der Waals surface area contributed by atoms with Crippen LogP contribution in [0.25, 0.3) is 11.3 Å². The zero-order valence-corrected chi connectivity index (χ0v) is 15.6. The van der Waals surface area contributed by atoms with Crippen LogP contribution in [0.5, 0.6) is 11.8 Å². The van der Waals surface area contributed by atoms with E-state index in [9.17, 15) is 13.2 Å². The van der Waals surface area contributed by atoms with Crippen LogP contribution in [0.1, 0.15) is 0 Å². The lowest BCUT2D eigenvalue weighted by Gasteiger charge is -2.11. The summed E-state index contributed by atoms with van der Waals surface area (Å²) >= 11 is 0. The fourth-order valence-electron chi connectivity index (χ4n) is 2.23. The number of rotatable bonds is 6. The predicted molar refractivity (Wildman–Crippen MR) is 96.4 cm³/mol. The average molecular weight is 405 g/mol. The van der Waals surface area contributed by atoms with Gasteiger partial charge in [0.25, 0.3) is 10.0 Å². The SMILES string of the molecule is COc1cc(OC)nc(NC(=O)NS(=O)(=O)c2ccccc2-c2cocn2)n1. The quantitative estimate of drug-likeness (QED) is 0.625. The largest absolute Gasteiger partial charge is 0.481 e. The molecule has 12 heteroatoms. The van der Waals surface area contributed by atoms with E-state index in [1.165, 1.54) is 45.1 Å². The highest BCUT2D eigenvalue weighted by Gasteiger charge is 2.23. The van der Waals surface area contributed by atoms with Gasteiger partial charge < -0.3 is 13.9 Å². The van der Waals surface area contributed by atoms with Crippen molar-refractivity contribution in [3.8, 4) is 23.0 Å². The van der Waals surface area contributed by atoms with Gasteiger partial charge in [0.2, 0.25) is 17.7 Å². The molecular weight excluding hydrogens is 390 g/mol. The van der Waals surface area contributed by atoms with Crippen molar-refractivity contribution < 1.29 is 27.1 Å². The number of amides is 2. The maximum atomic E-state index is 12.7. The fourth-order valence-corrected chi connectivity index (χ4v) is 3.36. The third-order valence-electron chi connectivity index (χ3n) is 3.43. The van der Waals surface area contributed by atoms with Crippen LogP contribution in [0.2, 0.25) is 0 Å². The molecule has 0 unspecified atom stereocenters. The zero-order chi connectivity index (χ0) is 20.1. The second-order valence-corrected chi connectivity index (χ2v) is 6.86. The van der Waals surface area contributed by atoms with Gasteiger partial charge in [0.15, 0.2) is 6.39 Å². The molecule has 146 valence electrons. The van der Waals surface area contributed by atoms with Crippen LogP contribution < -0.4 is 19.5 Å². The molecule has 3 aromatic rings. The summed E-state index contributed by atoms with van der Waals surface area (Å²) in [6.45, 7) is 0. The van der Waals surface area contributed by atoms with Crippen molar-refractivity contribution in [2.75, 3.05) is 19.5 Å². The van der Waals surface area contributed by atoms with E-state index in [1.54, 1.807) is 12.1 Å². The summed E-state index contributed by atoms with van der Waals surface area (Å²) in [5.74, 6) is 0.0523. The van der Waals surface area contributed by atoms with E-state index in [0.717, 1.165) is 0 Å². The van der Waals surface area contributed by atoms with E-state index >= 15 is 0 Å². The van der Waals surface area contributed by atoms with Crippen molar-refractivity contribution in [3.05, 3.63) is 43.0 Å². The number of nitrogens with one attached hydrogen (secondary N) is 2. The Balaban J connectivity index is 1.83. The monoisotopic (exact) mass is 405 g/mol. The van der Waals surface area contributed by atoms with Crippen LogP contribution in [-0.4, -0.2) is 43.6 Å². The first-order valence-electron chi connectivity index (χ1n) is 7.71. The van der Waals surface area contributed by atoms with Crippen molar-refractivity contribution in [1.82, 2.24) is 19.7 Å². The van der Waals surface area contributed by atoms with Gasteiger partial charge in [-0.2, -0.15) is 9.97 Å². The summed E-state index contributed by atoms with van der Waals surface area (Å²) < 4.78 is 42.1. The van der Waals surface area contributed by atoms with E-state index in [0.29, 0.717) is 5.69 Å². The van der Waals surface area contributed by atoms with E-state index in [-0.39, 0.29) is 28.2 Å². The Hall–Kier alpha value is -3.67. The third kappa shape index (κ3) is 4.17. The molecule has 0 spiro atoms. The number of oxazole rings is 1. The number of ether oxygens (including phenoxy) is 2. The van der Waals surface area contributed by atoms with Gasteiger partial charge in [0, 0.05) is 5.56 Å². The summed E-state index contributed by atoms with van der Waals surface area (Å²) in [6, 6.07) is 6.37. The first-order valence-corrected chi connectivity index (χ1v) is 9.19. The molecule has 0 radical (unpaired) electrons. The van der Waals surface area contributed by atoms with Gasteiger partial charge in [-0.1, -0.05) is 18.2 Å². The predicted octanol–water partition coefficient (Wildman–Crippen LogP) is 1.66. The van der Waals surface area contributed by atoms with E-state index in [1.807, 2.05) is 4.72 Å². The van der Waals surface area contributed by atoms with Gasteiger partial charge in [0.1, 0.15) is 12.0 Å². The molecule has 2 N–H and O–H groups in total. The lowest BCUT2D eigenvalue weighted by Crippen LogP contribution is -2.35. The van der Waals surface area contributed by atoms with Gasteiger partial charge in [-0.3, -0.25) is 5.32 Å². The molecule has 0 bridgehead atoms. The van der Waals surface area contributed by atoms with Crippen LogP contribution in [0.4, 0.5) is 10.7 Å². The highest BCUT2D eigenvalue weighted by Crippen LogP contribution is 2.25. The van der Waals surface area contributed by atoms with Crippen molar-refractivity contribution >= 4 is 22.0 Å². The first-order chi connectivity index (χ1) is 13.4.